The van der Waals surface area contributed by atoms with Crippen molar-refractivity contribution in [2.24, 2.45) is 4.99 Å². The lowest BCUT2D eigenvalue weighted by Gasteiger charge is -2.40. The highest BCUT2D eigenvalue weighted by atomic mass is 35.5. The number of hydrogen-bond donors (Lipinski definition) is 2. The first-order valence-electron chi connectivity index (χ1n) is 10.7. The zero-order valence-electron chi connectivity index (χ0n) is 18.4. The molecule has 7 nitrogen and oxygen atoms in total. The van der Waals surface area contributed by atoms with Crippen LogP contribution in [0.3, 0.4) is 0 Å². The Morgan fingerprint density at radius 2 is 1.94 bits per heavy atom. The number of methoxy groups -OCH3 is 1. The monoisotopic (exact) mass is 484 g/mol. The van der Waals surface area contributed by atoms with Gasteiger partial charge in [0.25, 0.3) is 0 Å². The minimum Gasteiger partial charge on any atom is -0.466 e. The molecule has 2 aromatic carbocycles. The number of benzene rings is 2. The number of amides is 2. The minimum absolute atomic E-state index is 0.325. The largest absolute Gasteiger partial charge is 0.466 e. The first-order valence-corrected chi connectivity index (χ1v) is 12.1. The molecule has 2 aliphatic rings. The summed E-state index contributed by atoms with van der Waals surface area (Å²) in [4.78, 5) is 32.3. The van der Waals surface area contributed by atoms with Crippen LogP contribution < -0.4 is 10.6 Å². The molecule has 0 saturated carbocycles. The molecule has 33 heavy (non-hydrogen) atoms. The van der Waals surface area contributed by atoms with Crippen LogP contribution in [0.25, 0.3) is 0 Å². The number of amidine groups is 1. The molecular formula is C24H25ClN4O3S. The van der Waals surface area contributed by atoms with Crippen LogP contribution >= 0.6 is 23.4 Å². The number of nitrogens with zero attached hydrogens (tertiary/aromatic N) is 2. The van der Waals surface area contributed by atoms with E-state index in [0.29, 0.717) is 28.4 Å². The number of nitrogens with one attached hydrogen (secondary N) is 2. The first-order chi connectivity index (χ1) is 16.0. The van der Waals surface area contributed by atoms with Crippen LogP contribution in [-0.2, 0) is 9.53 Å². The number of hydrogen-bond acceptors (Lipinski definition) is 6. The molecule has 2 heterocycles. The van der Waals surface area contributed by atoms with Crippen LogP contribution in [0.2, 0.25) is 5.02 Å². The van der Waals surface area contributed by atoms with Gasteiger partial charge >= 0.3 is 12.0 Å². The smallest absolute Gasteiger partial charge is 0.338 e. The average molecular weight is 485 g/mol. The Bertz CT molecular complexity index is 1120. The van der Waals surface area contributed by atoms with Gasteiger partial charge in [-0.2, -0.15) is 0 Å². The number of fused-ring (bicyclic) bond motifs is 1. The third-order valence-electron chi connectivity index (χ3n) is 5.45. The number of esters is 1. The summed E-state index contributed by atoms with van der Waals surface area (Å²) in [5.74, 6) is 0.619. The van der Waals surface area contributed by atoms with Crippen LogP contribution in [0, 0.1) is 0 Å². The molecule has 1 atom stereocenters. The van der Waals surface area contributed by atoms with E-state index in [4.69, 9.17) is 21.3 Å². The van der Waals surface area contributed by atoms with Gasteiger partial charge in [0.1, 0.15) is 0 Å². The summed E-state index contributed by atoms with van der Waals surface area (Å²) in [7, 11) is 1.39. The summed E-state index contributed by atoms with van der Waals surface area (Å²) in [5.41, 5.74) is 3.44. The maximum atomic E-state index is 12.8. The topological polar surface area (TPSA) is 83.0 Å². The van der Waals surface area contributed by atoms with Crippen LogP contribution in [0.4, 0.5) is 16.2 Å². The van der Waals surface area contributed by atoms with E-state index in [0.717, 1.165) is 35.1 Å². The lowest BCUT2D eigenvalue weighted by molar-refractivity contribution is -0.136. The van der Waals surface area contributed by atoms with E-state index in [1.807, 2.05) is 31.2 Å². The normalized spacial score (nSPS) is 17.7. The average Bonchev–Trinajstić information content (AvgIpc) is 2.83. The Kier molecular flexibility index (Phi) is 7.25. The van der Waals surface area contributed by atoms with Crippen molar-refractivity contribution in [1.29, 1.82) is 0 Å². The Balaban J connectivity index is 1.63. The second kappa shape index (κ2) is 10.3. The molecule has 1 unspecified atom stereocenters. The number of allylic oxidation sites excluding steroid dienone is 1. The van der Waals surface area contributed by atoms with Crippen molar-refractivity contribution in [2.75, 3.05) is 30.0 Å². The molecule has 2 N–H and O–H groups in total. The maximum absolute atomic E-state index is 12.8. The zero-order valence-corrected chi connectivity index (χ0v) is 20.0. The lowest BCUT2D eigenvalue weighted by atomic mass is 9.93. The van der Waals surface area contributed by atoms with Gasteiger partial charge in [0.2, 0.25) is 0 Å². The molecule has 2 aromatic rings. The van der Waals surface area contributed by atoms with Crippen molar-refractivity contribution in [1.82, 2.24) is 4.90 Å². The first kappa shape index (κ1) is 23.2. The van der Waals surface area contributed by atoms with Gasteiger partial charge in [-0.25, -0.2) is 14.6 Å². The third kappa shape index (κ3) is 5.17. The summed E-state index contributed by atoms with van der Waals surface area (Å²) in [6.07, 6.45) is 1.62. The van der Waals surface area contributed by atoms with Crippen molar-refractivity contribution in [3.8, 4) is 0 Å². The number of urea groups is 1. The van der Waals surface area contributed by atoms with E-state index < -0.39 is 0 Å². The fourth-order valence-electron chi connectivity index (χ4n) is 3.97. The number of thioether (sulfide) groups is 1. The van der Waals surface area contributed by atoms with Gasteiger partial charge in [0, 0.05) is 28.7 Å². The van der Waals surface area contributed by atoms with Crippen LogP contribution in [-0.4, -0.2) is 41.5 Å². The van der Waals surface area contributed by atoms with Crippen LogP contribution in [0.1, 0.15) is 31.4 Å². The van der Waals surface area contributed by atoms with E-state index in [9.17, 15) is 9.59 Å². The standard InChI is InChI=1S/C24H25ClN4O3S/c1-3-19-20(22(30)32-2)21(29-12-5-13-33-24(29)28-19)15-6-4-7-18(14-15)27-23(31)26-17-10-8-16(25)9-11-17/h4,6-11,14,21H,3,5,12-13H2,1-2H3,(H2,26,27,31). The summed E-state index contributed by atoms with van der Waals surface area (Å²) in [6, 6.07) is 13.7. The van der Waals surface area contributed by atoms with Crippen molar-refractivity contribution in [3.63, 3.8) is 0 Å². The predicted octanol–water partition coefficient (Wildman–Crippen LogP) is 5.67. The molecule has 9 heteroatoms. The quantitative estimate of drug-likeness (QED) is 0.534. The highest BCUT2D eigenvalue weighted by Gasteiger charge is 2.38. The van der Waals surface area contributed by atoms with Gasteiger partial charge in [-0.15, -0.1) is 0 Å². The van der Waals surface area contributed by atoms with Crippen molar-refractivity contribution >= 4 is 51.9 Å². The number of rotatable bonds is 5. The minimum atomic E-state index is -0.380. The van der Waals surface area contributed by atoms with Crippen LogP contribution in [0.5, 0.6) is 0 Å². The van der Waals surface area contributed by atoms with Gasteiger partial charge in [0.05, 0.1) is 24.4 Å². The number of carbonyl (C=O) groups excluding carboxylic acids is 2. The van der Waals surface area contributed by atoms with E-state index in [2.05, 4.69) is 15.5 Å². The molecule has 4 rings (SSSR count). The fourth-order valence-corrected chi connectivity index (χ4v) is 5.09. The van der Waals surface area contributed by atoms with Crippen LogP contribution in [0.15, 0.2) is 64.8 Å². The van der Waals surface area contributed by atoms with E-state index in [-0.39, 0.29) is 18.0 Å². The second-order valence-electron chi connectivity index (χ2n) is 7.61. The van der Waals surface area contributed by atoms with Gasteiger partial charge in [-0.1, -0.05) is 42.4 Å². The van der Waals surface area contributed by atoms with Gasteiger partial charge < -0.3 is 20.3 Å². The summed E-state index contributed by atoms with van der Waals surface area (Å²) in [5, 5.41) is 7.18. The zero-order chi connectivity index (χ0) is 23.4. The molecule has 0 aliphatic carbocycles. The Labute approximate surface area is 202 Å². The van der Waals surface area contributed by atoms with Gasteiger partial charge in [-0.05, 0) is 54.8 Å². The predicted molar refractivity (Wildman–Crippen MR) is 134 cm³/mol. The molecule has 2 aliphatic heterocycles. The third-order valence-corrected chi connectivity index (χ3v) is 6.78. The number of anilines is 2. The molecule has 1 fully saturated rings. The van der Waals surface area contributed by atoms with E-state index >= 15 is 0 Å². The Morgan fingerprint density at radius 1 is 1.18 bits per heavy atom. The molecule has 2 amide bonds. The van der Waals surface area contributed by atoms with Gasteiger partial charge in [0.15, 0.2) is 5.17 Å². The molecule has 0 bridgehead atoms. The summed E-state index contributed by atoms with van der Waals surface area (Å²) >= 11 is 7.61. The van der Waals surface area contributed by atoms with E-state index in [1.165, 1.54) is 7.11 Å². The molecular weight excluding hydrogens is 460 g/mol. The maximum Gasteiger partial charge on any atom is 0.338 e. The fraction of sp³-hybridized carbons (Fsp3) is 0.292. The molecule has 172 valence electrons. The SMILES string of the molecule is CCC1=C(C(=O)OC)C(c2cccc(NC(=O)Nc3ccc(Cl)cc3)c2)N2CCCSC2=N1. The Hall–Kier alpha value is -2.97. The number of aliphatic imine (C=N–C) groups is 1. The highest BCUT2D eigenvalue weighted by Crippen LogP contribution is 2.41. The van der Waals surface area contributed by atoms with E-state index in [1.54, 1.807) is 36.0 Å². The second-order valence-corrected chi connectivity index (χ2v) is 9.11. The van der Waals surface area contributed by atoms with Crippen molar-refractivity contribution < 1.29 is 14.3 Å². The molecule has 0 radical (unpaired) electrons. The highest BCUT2D eigenvalue weighted by molar-refractivity contribution is 8.13. The number of carbonyl (C=O) groups is 2. The summed E-state index contributed by atoms with van der Waals surface area (Å²) in [6.45, 7) is 2.78. The number of halogens is 1. The molecule has 0 aromatic heterocycles. The molecule has 0 spiro atoms. The number of ether oxygens (including phenoxy) is 1. The lowest BCUT2D eigenvalue weighted by Crippen LogP contribution is -2.42. The summed E-state index contributed by atoms with van der Waals surface area (Å²) < 4.78 is 5.13. The van der Waals surface area contributed by atoms with Crippen molar-refractivity contribution in [2.45, 2.75) is 25.8 Å². The van der Waals surface area contributed by atoms with Crippen molar-refractivity contribution in [3.05, 3.63) is 70.4 Å². The molecule has 1 saturated heterocycles. The Morgan fingerprint density at radius 3 is 2.67 bits per heavy atom. The van der Waals surface area contributed by atoms with Gasteiger partial charge in [-0.3, -0.25) is 0 Å².